The summed E-state index contributed by atoms with van der Waals surface area (Å²) >= 11 is 2.36. The largest absolute Gasteiger partial charge is 0.346 e. The van der Waals surface area contributed by atoms with E-state index in [1.54, 1.807) is 0 Å². The Balaban J connectivity index is 2.09. The van der Waals surface area contributed by atoms with Crippen LogP contribution in [0.4, 0.5) is 5.69 Å². The van der Waals surface area contributed by atoms with E-state index >= 15 is 0 Å². The fraction of sp³-hybridized carbons (Fsp3) is 0.455. The highest BCUT2D eigenvalue weighted by molar-refractivity contribution is 14.1. The number of aromatic nitrogens is 3. The molecule has 0 radical (unpaired) electrons. The Hall–Kier alpha value is -1.83. The summed E-state index contributed by atoms with van der Waals surface area (Å²) in [4.78, 5) is 17.5. The van der Waals surface area contributed by atoms with Crippen LogP contribution < -0.4 is 3.11 Å². The minimum Gasteiger partial charge on any atom is -0.346 e. The molecule has 0 N–H and O–H groups in total. The average molecular weight is 492 g/mol. The van der Waals surface area contributed by atoms with Crippen LogP contribution in [0.1, 0.15) is 51.9 Å². The first-order valence-corrected chi connectivity index (χ1v) is 10.4. The molecule has 3 rings (SSSR count). The van der Waals surface area contributed by atoms with Crippen molar-refractivity contribution in [2.75, 3.05) is 3.11 Å². The highest BCUT2D eigenvalue weighted by Gasteiger charge is 2.25. The van der Waals surface area contributed by atoms with Gasteiger partial charge in [-0.3, -0.25) is 4.79 Å². The molecule has 0 aliphatic rings. The standard InChI is InChI=1S/C22H29IN4O/c1-21(2,3)19(28)14-9-10-16-17(11-14)26(8)20(24-16)18-12-15(13-25(18)7)27(23)22(4,5)6/h9-13H,1-8H3. The fourth-order valence-corrected chi connectivity index (χ4v) is 3.52. The van der Waals surface area contributed by atoms with Crippen molar-refractivity contribution in [3.8, 4) is 11.5 Å². The van der Waals surface area contributed by atoms with E-state index in [1.165, 1.54) is 0 Å². The number of nitrogens with zero attached hydrogens (tertiary/aromatic N) is 4. The zero-order valence-electron chi connectivity index (χ0n) is 18.0. The highest BCUT2D eigenvalue weighted by Crippen LogP contribution is 2.34. The molecule has 5 nitrogen and oxygen atoms in total. The summed E-state index contributed by atoms with van der Waals surface area (Å²) in [5.41, 5.74) is 4.40. The van der Waals surface area contributed by atoms with Crippen molar-refractivity contribution in [3.05, 3.63) is 36.0 Å². The van der Waals surface area contributed by atoms with Gasteiger partial charge in [-0.1, -0.05) is 20.8 Å². The summed E-state index contributed by atoms with van der Waals surface area (Å²) in [6.07, 6.45) is 2.13. The number of Topliss-reactive ketones (excluding diaryl/α,β-unsaturated/α-hetero) is 1. The molecule has 0 fully saturated rings. The highest BCUT2D eigenvalue weighted by atomic mass is 127. The first-order chi connectivity index (χ1) is 12.8. The third-order valence-electron chi connectivity index (χ3n) is 4.86. The van der Waals surface area contributed by atoms with Crippen molar-refractivity contribution in [1.82, 2.24) is 14.1 Å². The predicted molar refractivity (Wildman–Crippen MR) is 125 cm³/mol. The number of rotatable bonds is 3. The summed E-state index contributed by atoms with van der Waals surface area (Å²) in [7, 11) is 4.05. The van der Waals surface area contributed by atoms with Crippen LogP contribution in [0.25, 0.3) is 22.6 Å². The number of ketones is 1. The van der Waals surface area contributed by atoms with Crippen LogP contribution in [0.2, 0.25) is 0 Å². The van der Waals surface area contributed by atoms with Gasteiger partial charge in [0.15, 0.2) is 11.6 Å². The van der Waals surface area contributed by atoms with E-state index in [4.69, 9.17) is 4.98 Å². The number of aryl methyl sites for hydroxylation is 2. The lowest BCUT2D eigenvalue weighted by atomic mass is 9.86. The van der Waals surface area contributed by atoms with Gasteiger partial charge in [-0.05, 0) is 45.0 Å². The van der Waals surface area contributed by atoms with Crippen LogP contribution in [-0.2, 0) is 14.1 Å². The van der Waals surface area contributed by atoms with Gasteiger partial charge >= 0.3 is 0 Å². The first-order valence-electron chi connectivity index (χ1n) is 9.45. The maximum atomic E-state index is 12.7. The van der Waals surface area contributed by atoms with E-state index in [-0.39, 0.29) is 11.3 Å². The molecule has 0 saturated carbocycles. The first kappa shape index (κ1) is 20.9. The zero-order chi connectivity index (χ0) is 21.0. The molecule has 2 heterocycles. The number of carbonyl (C=O) groups excluding carboxylic acids is 1. The molecule has 6 heteroatoms. The molecule has 0 spiro atoms. The van der Waals surface area contributed by atoms with Gasteiger partial charge in [-0.2, -0.15) is 0 Å². The van der Waals surface area contributed by atoms with Crippen LogP contribution >= 0.6 is 22.9 Å². The van der Waals surface area contributed by atoms with Gasteiger partial charge < -0.3 is 12.2 Å². The second kappa shape index (κ2) is 6.90. The van der Waals surface area contributed by atoms with E-state index in [0.717, 1.165) is 33.8 Å². The Bertz CT molecular complexity index is 1050. The van der Waals surface area contributed by atoms with Crippen LogP contribution in [0.3, 0.4) is 0 Å². The quantitative estimate of drug-likeness (QED) is 0.265. The molecule has 0 unspecified atom stereocenters. The number of imidazole rings is 1. The van der Waals surface area contributed by atoms with Crippen LogP contribution in [0.15, 0.2) is 30.5 Å². The van der Waals surface area contributed by atoms with Crippen LogP contribution in [0, 0.1) is 5.41 Å². The zero-order valence-corrected chi connectivity index (χ0v) is 20.1. The number of fused-ring (bicyclic) bond motifs is 1. The van der Waals surface area contributed by atoms with E-state index in [2.05, 4.69) is 68.1 Å². The third-order valence-corrected chi connectivity index (χ3v) is 6.86. The van der Waals surface area contributed by atoms with Crippen molar-refractivity contribution in [2.24, 2.45) is 19.5 Å². The SMILES string of the molecule is Cn1cc(N(I)C(C)(C)C)cc1-c1nc2ccc(C(=O)C(C)(C)C)cc2n1C. The van der Waals surface area contributed by atoms with Crippen LogP contribution in [-0.4, -0.2) is 25.4 Å². The minimum atomic E-state index is -0.404. The van der Waals surface area contributed by atoms with Gasteiger partial charge in [0.05, 0.1) is 45.3 Å². The Morgan fingerprint density at radius 2 is 1.71 bits per heavy atom. The molecule has 0 aliphatic heterocycles. The van der Waals surface area contributed by atoms with Crippen molar-refractivity contribution < 1.29 is 4.79 Å². The smallest absolute Gasteiger partial charge is 0.168 e. The van der Waals surface area contributed by atoms with Crippen molar-refractivity contribution >= 4 is 45.4 Å². The number of benzene rings is 1. The molecular formula is C22H29IN4O. The second-order valence-corrected chi connectivity index (χ2v) is 10.4. The van der Waals surface area contributed by atoms with Gasteiger partial charge in [0.2, 0.25) is 0 Å². The summed E-state index contributed by atoms with van der Waals surface area (Å²) < 4.78 is 6.41. The van der Waals surface area contributed by atoms with E-state index in [1.807, 2.05) is 53.1 Å². The van der Waals surface area contributed by atoms with Gasteiger partial charge in [0.25, 0.3) is 0 Å². The number of hydrogen-bond acceptors (Lipinski definition) is 3. The second-order valence-electron chi connectivity index (χ2n) is 9.42. The Kier molecular flexibility index (Phi) is 5.15. The van der Waals surface area contributed by atoms with Crippen molar-refractivity contribution in [2.45, 2.75) is 47.1 Å². The molecule has 0 amide bonds. The normalized spacial score (nSPS) is 12.6. The summed E-state index contributed by atoms with van der Waals surface area (Å²) in [6.45, 7) is 12.4. The summed E-state index contributed by atoms with van der Waals surface area (Å²) in [5.74, 6) is 1.03. The molecule has 150 valence electrons. The lowest BCUT2D eigenvalue weighted by Crippen LogP contribution is -2.32. The number of anilines is 1. The Morgan fingerprint density at radius 3 is 2.29 bits per heavy atom. The average Bonchev–Trinajstić information content (AvgIpc) is 3.12. The molecular weight excluding hydrogens is 463 g/mol. The number of carbonyl (C=O) groups is 1. The maximum absolute atomic E-state index is 12.7. The molecule has 1 aromatic carbocycles. The maximum Gasteiger partial charge on any atom is 0.168 e. The Morgan fingerprint density at radius 1 is 1.07 bits per heavy atom. The van der Waals surface area contributed by atoms with Gasteiger partial charge in [0, 0.05) is 36.8 Å². The lowest BCUT2D eigenvalue weighted by Gasteiger charge is -2.30. The number of halogens is 1. The molecule has 0 aliphatic carbocycles. The molecule has 0 bridgehead atoms. The van der Waals surface area contributed by atoms with E-state index < -0.39 is 5.41 Å². The predicted octanol–water partition coefficient (Wildman–Crippen LogP) is 5.76. The van der Waals surface area contributed by atoms with E-state index in [9.17, 15) is 4.79 Å². The van der Waals surface area contributed by atoms with Crippen LogP contribution in [0.5, 0.6) is 0 Å². The lowest BCUT2D eigenvalue weighted by molar-refractivity contribution is 0.0858. The van der Waals surface area contributed by atoms with Crippen molar-refractivity contribution in [1.29, 1.82) is 0 Å². The molecule has 3 aromatic rings. The van der Waals surface area contributed by atoms with Crippen molar-refractivity contribution in [3.63, 3.8) is 0 Å². The third kappa shape index (κ3) is 3.71. The van der Waals surface area contributed by atoms with Gasteiger partial charge in [-0.25, -0.2) is 4.98 Å². The van der Waals surface area contributed by atoms with Gasteiger partial charge in [-0.15, -0.1) is 0 Å². The topological polar surface area (TPSA) is 43.1 Å². The molecule has 28 heavy (non-hydrogen) atoms. The molecule has 0 saturated heterocycles. The minimum absolute atomic E-state index is 0.0216. The monoisotopic (exact) mass is 492 g/mol. The Labute approximate surface area is 181 Å². The molecule has 0 atom stereocenters. The number of hydrogen-bond donors (Lipinski definition) is 0. The molecule has 2 aromatic heterocycles. The summed E-state index contributed by atoms with van der Waals surface area (Å²) in [5, 5.41) is 0. The summed E-state index contributed by atoms with van der Waals surface area (Å²) in [6, 6.07) is 7.96. The fourth-order valence-electron chi connectivity index (χ4n) is 3.26. The van der Waals surface area contributed by atoms with E-state index in [0.29, 0.717) is 0 Å². The van der Waals surface area contributed by atoms with Gasteiger partial charge in [0.1, 0.15) is 0 Å².